The average Bonchev–Trinajstić information content (AvgIpc) is 3.40. The summed E-state index contributed by atoms with van der Waals surface area (Å²) >= 11 is 0. The number of ether oxygens (including phenoxy) is 1. The third kappa shape index (κ3) is 4.26. The van der Waals surface area contributed by atoms with Crippen molar-refractivity contribution < 1.29 is 13.9 Å². The molecule has 0 saturated heterocycles. The van der Waals surface area contributed by atoms with Gasteiger partial charge < -0.3 is 14.5 Å². The van der Waals surface area contributed by atoms with Gasteiger partial charge in [0, 0.05) is 37.7 Å². The molecule has 0 aliphatic rings. The number of fused-ring (bicyclic) bond motifs is 1. The molecule has 1 amide bonds. The normalized spacial score (nSPS) is 11.1. The summed E-state index contributed by atoms with van der Waals surface area (Å²) in [5.74, 6) is 0.300. The lowest BCUT2D eigenvalue weighted by Crippen LogP contribution is -2.25. The number of halogens is 1. The molecule has 0 spiro atoms. The zero-order valence-electron chi connectivity index (χ0n) is 16.7. The standard InChI is InChI=1S/C23H23FN4O2/c1-2-30-14-4-12-25-23(29)21-11-13-28(26-21)22-10-9-20-8-7-18(16-27(20)22)17-5-3-6-19(24)15-17/h3,5-11,13,15-16H,2,4,12,14H2,1H3,(H,25,29). The van der Waals surface area contributed by atoms with Crippen LogP contribution in [-0.4, -0.2) is 39.8 Å². The summed E-state index contributed by atoms with van der Waals surface area (Å²) in [6, 6.07) is 16.0. The molecular weight excluding hydrogens is 383 g/mol. The first-order valence-corrected chi connectivity index (χ1v) is 9.95. The van der Waals surface area contributed by atoms with Crippen molar-refractivity contribution in [2.75, 3.05) is 19.8 Å². The fourth-order valence-corrected chi connectivity index (χ4v) is 3.30. The molecule has 3 aromatic heterocycles. The van der Waals surface area contributed by atoms with Gasteiger partial charge in [-0.2, -0.15) is 5.10 Å². The lowest BCUT2D eigenvalue weighted by molar-refractivity contribution is 0.0939. The summed E-state index contributed by atoms with van der Waals surface area (Å²) in [5.41, 5.74) is 3.01. The maximum absolute atomic E-state index is 13.6. The molecule has 0 fully saturated rings. The topological polar surface area (TPSA) is 60.6 Å². The molecule has 1 aromatic carbocycles. The fourth-order valence-electron chi connectivity index (χ4n) is 3.30. The molecule has 0 radical (unpaired) electrons. The van der Waals surface area contributed by atoms with Crippen LogP contribution < -0.4 is 5.32 Å². The first kappa shape index (κ1) is 19.8. The van der Waals surface area contributed by atoms with E-state index >= 15 is 0 Å². The van der Waals surface area contributed by atoms with Gasteiger partial charge in [0.15, 0.2) is 5.69 Å². The Labute approximate surface area is 173 Å². The molecule has 0 aliphatic carbocycles. The van der Waals surface area contributed by atoms with E-state index in [9.17, 15) is 9.18 Å². The van der Waals surface area contributed by atoms with Crippen LogP contribution in [0.15, 0.2) is 67.0 Å². The molecule has 0 aliphatic heterocycles. The zero-order chi connectivity index (χ0) is 20.9. The number of rotatable bonds is 8. The molecule has 6 nitrogen and oxygen atoms in total. The van der Waals surface area contributed by atoms with Gasteiger partial charge in [0.1, 0.15) is 11.6 Å². The SMILES string of the molecule is CCOCCCNC(=O)c1ccn(-c2ccc3ccc(-c4cccc(F)c4)cn23)n1. The van der Waals surface area contributed by atoms with E-state index in [2.05, 4.69) is 10.4 Å². The Hall–Kier alpha value is -3.45. The van der Waals surface area contributed by atoms with Crippen molar-refractivity contribution in [3.05, 3.63) is 78.5 Å². The molecule has 0 unspecified atom stereocenters. The van der Waals surface area contributed by atoms with E-state index in [4.69, 9.17) is 4.74 Å². The lowest BCUT2D eigenvalue weighted by Gasteiger charge is -2.07. The minimum atomic E-state index is -0.274. The van der Waals surface area contributed by atoms with Crippen LogP contribution in [0.2, 0.25) is 0 Å². The van der Waals surface area contributed by atoms with Crippen LogP contribution in [0.4, 0.5) is 4.39 Å². The molecule has 1 N–H and O–H groups in total. The smallest absolute Gasteiger partial charge is 0.271 e. The molecule has 0 bridgehead atoms. The minimum absolute atomic E-state index is 0.216. The Kier molecular flexibility index (Phi) is 5.90. The van der Waals surface area contributed by atoms with Gasteiger partial charge >= 0.3 is 0 Å². The zero-order valence-corrected chi connectivity index (χ0v) is 16.7. The summed E-state index contributed by atoms with van der Waals surface area (Å²) in [7, 11) is 0. The summed E-state index contributed by atoms with van der Waals surface area (Å²) in [6.45, 7) is 3.77. The number of carbonyl (C=O) groups is 1. The summed E-state index contributed by atoms with van der Waals surface area (Å²) < 4.78 is 22.5. The maximum atomic E-state index is 13.6. The van der Waals surface area contributed by atoms with E-state index in [1.807, 2.05) is 47.9 Å². The van der Waals surface area contributed by atoms with Gasteiger partial charge in [-0.3, -0.25) is 4.79 Å². The van der Waals surface area contributed by atoms with Crippen molar-refractivity contribution >= 4 is 11.4 Å². The highest BCUT2D eigenvalue weighted by molar-refractivity contribution is 5.92. The van der Waals surface area contributed by atoms with E-state index in [1.54, 1.807) is 23.0 Å². The number of nitrogens with zero attached hydrogens (tertiary/aromatic N) is 3. The Balaban J connectivity index is 1.55. The highest BCUT2D eigenvalue weighted by Gasteiger charge is 2.12. The van der Waals surface area contributed by atoms with Gasteiger partial charge in [0.25, 0.3) is 5.91 Å². The highest BCUT2D eigenvalue weighted by Crippen LogP contribution is 2.23. The van der Waals surface area contributed by atoms with Gasteiger partial charge in [0.2, 0.25) is 0 Å². The molecule has 3 heterocycles. The minimum Gasteiger partial charge on any atom is -0.382 e. The number of pyridine rings is 1. The van der Waals surface area contributed by atoms with Crippen LogP contribution in [-0.2, 0) is 4.74 Å². The third-order valence-corrected chi connectivity index (χ3v) is 4.80. The number of benzene rings is 1. The van der Waals surface area contributed by atoms with Crippen molar-refractivity contribution in [2.45, 2.75) is 13.3 Å². The summed E-state index contributed by atoms with van der Waals surface area (Å²) in [5, 5.41) is 7.28. The Morgan fingerprint density at radius 3 is 2.83 bits per heavy atom. The molecule has 30 heavy (non-hydrogen) atoms. The van der Waals surface area contributed by atoms with Gasteiger partial charge in [-0.05, 0) is 60.9 Å². The van der Waals surface area contributed by atoms with Crippen molar-refractivity contribution in [3.63, 3.8) is 0 Å². The molecule has 7 heteroatoms. The second-order valence-electron chi connectivity index (χ2n) is 6.87. The van der Waals surface area contributed by atoms with Crippen molar-refractivity contribution in [1.82, 2.24) is 19.5 Å². The van der Waals surface area contributed by atoms with Crippen molar-refractivity contribution in [1.29, 1.82) is 0 Å². The predicted octanol–water partition coefficient (Wildman–Crippen LogP) is 4.09. The Bertz CT molecular complexity index is 1160. The van der Waals surface area contributed by atoms with Crippen LogP contribution in [0.1, 0.15) is 23.8 Å². The van der Waals surface area contributed by atoms with E-state index < -0.39 is 0 Å². The lowest BCUT2D eigenvalue weighted by atomic mass is 10.1. The van der Waals surface area contributed by atoms with Crippen LogP contribution in [0.25, 0.3) is 22.5 Å². The van der Waals surface area contributed by atoms with Crippen LogP contribution in [0.5, 0.6) is 0 Å². The van der Waals surface area contributed by atoms with Gasteiger partial charge in [-0.25, -0.2) is 9.07 Å². The first-order valence-electron chi connectivity index (χ1n) is 9.95. The summed E-state index contributed by atoms with van der Waals surface area (Å²) in [6.07, 6.45) is 4.45. The van der Waals surface area contributed by atoms with Gasteiger partial charge in [-0.15, -0.1) is 0 Å². The van der Waals surface area contributed by atoms with Gasteiger partial charge in [-0.1, -0.05) is 18.2 Å². The number of carbonyl (C=O) groups excluding carboxylic acids is 1. The largest absolute Gasteiger partial charge is 0.382 e. The third-order valence-electron chi connectivity index (χ3n) is 4.80. The van der Waals surface area contributed by atoms with Gasteiger partial charge in [0.05, 0.1) is 0 Å². The summed E-state index contributed by atoms with van der Waals surface area (Å²) in [4.78, 5) is 12.3. The van der Waals surface area contributed by atoms with E-state index in [0.29, 0.717) is 25.5 Å². The number of hydrogen-bond donors (Lipinski definition) is 1. The van der Waals surface area contributed by atoms with Crippen molar-refractivity contribution in [3.8, 4) is 16.9 Å². The van der Waals surface area contributed by atoms with Crippen molar-refractivity contribution in [2.24, 2.45) is 0 Å². The quantitative estimate of drug-likeness (QED) is 0.449. The monoisotopic (exact) mass is 406 g/mol. The molecule has 154 valence electrons. The Morgan fingerprint density at radius 2 is 2.00 bits per heavy atom. The molecule has 4 aromatic rings. The molecule has 0 atom stereocenters. The first-order chi connectivity index (χ1) is 14.7. The van der Waals surface area contributed by atoms with E-state index in [-0.39, 0.29) is 11.7 Å². The fraction of sp³-hybridized carbons (Fsp3) is 0.217. The molecule has 0 saturated carbocycles. The average molecular weight is 406 g/mol. The highest BCUT2D eigenvalue weighted by atomic mass is 19.1. The molecular formula is C23H23FN4O2. The van der Waals surface area contributed by atoms with Crippen LogP contribution in [0, 0.1) is 5.82 Å². The number of aromatic nitrogens is 3. The molecule has 4 rings (SSSR count). The number of hydrogen-bond acceptors (Lipinski definition) is 3. The van der Waals surface area contributed by atoms with E-state index in [0.717, 1.165) is 28.9 Å². The van der Waals surface area contributed by atoms with Crippen LogP contribution in [0.3, 0.4) is 0 Å². The second kappa shape index (κ2) is 8.92. The van der Waals surface area contributed by atoms with Crippen LogP contribution >= 0.6 is 0 Å². The van der Waals surface area contributed by atoms with E-state index in [1.165, 1.54) is 12.1 Å². The maximum Gasteiger partial charge on any atom is 0.271 e. The second-order valence-corrected chi connectivity index (χ2v) is 6.87. The number of amides is 1. The predicted molar refractivity (Wildman–Crippen MR) is 113 cm³/mol. The number of nitrogens with one attached hydrogen (secondary N) is 1. The Morgan fingerprint density at radius 1 is 1.13 bits per heavy atom.